The van der Waals surface area contributed by atoms with Crippen molar-refractivity contribution in [2.75, 3.05) is 13.2 Å². The number of nitrogens with one attached hydrogen (secondary N) is 1. The van der Waals surface area contributed by atoms with Gasteiger partial charge in [0.2, 0.25) is 5.91 Å². The van der Waals surface area contributed by atoms with Crippen LogP contribution in [0.25, 0.3) is 22.2 Å². The molecule has 0 radical (unpaired) electrons. The highest BCUT2D eigenvalue weighted by Crippen LogP contribution is 2.48. The minimum absolute atomic E-state index is 0.0133. The van der Waals surface area contributed by atoms with Crippen LogP contribution in [-0.2, 0) is 10.2 Å². The molecule has 1 aliphatic carbocycles. The molecular formula is C33H30F4N4O4. The lowest BCUT2D eigenvalue weighted by molar-refractivity contribution is -0.274. The predicted molar refractivity (Wildman–Crippen MR) is 157 cm³/mol. The number of hydrogen-bond donors (Lipinski definition) is 2. The fourth-order valence-corrected chi connectivity index (χ4v) is 5.76. The van der Waals surface area contributed by atoms with Crippen molar-refractivity contribution < 1.29 is 36.6 Å². The Hall–Kier alpha value is -4.74. The van der Waals surface area contributed by atoms with Gasteiger partial charge in [0.1, 0.15) is 34.8 Å². The van der Waals surface area contributed by atoms with Crippen molar-refractivity contribution in [1.29, 1.82) is 0 Å². The van der Waals surface area contributed by atoms with E-state index >= 15 is 0 Å². The van der Waals surface area contributed by atoms with E-state index in [4.69, 9.17) is 15.5 Å². The smallest absolute Gasteiger partial charge is 0.489 e. The average Bonchev–Trinajstić information content (AvgIpc) is 3.75. The van der Waals surface area contributed by atoms with E-state index in [1.54, 1.807) is 45.0 Å². The molecule has 3 N–H and O–H groups in total. The molecule has 6 rings (SSSR count). The third-order valence-corrected chi connectivity index (χ3v) is 8.49. The summed E-state index contributed by atoms with van der Waals surface area (Å²) in [6.45, 7) is 5.19. The minimum Gasteiger partial charge on any atom is -0.489 e. The Kier molecular flexibility index (Phi) is 7.41. The standard InChI is InChI=1S/C33H30F4N4O4/c1-16-8-20-10-21(11-26(27(20)39-13-16)45-33(35,36)37)30(42)40-14-22(18-4-5-18)25-12-23-29(44-15-32(23,3)31(38)43)28(41-25)19-6-7-24(34)17(2)9-19/h6-13,18,22H,4-5,14-15H2,1-3H3,(H2,38,43)(H,40,42)/t22-,32-/m0/s1. The van der Waals surface area contributed by atoms with Gasteiger partial charge >= 0.3 is 6.36 Å². The van der Waals surface area contributed by atoms with Gasteiger partial charge in [-0.3, -0.25) is 14.6 Å². The molecule has 2 atom stereocenters. The minimum atomic E-state index is -4.98. The summed E-state index contributed by atoms with van der Waals surface area (Å²) in [6, 6.07) is 10.5. The van der Waals surface area contributed by atoms with Crippen LogP contribution >= 0.6 is 0 Å². The van der Waals surface area contributed by atoms with Gasteiger partial charge in [-0.2, -0.15) is 0 Å². The number of amides is 2. The highest BCUT2D eigenvalue weighted by molar-refractivity contribution is 6.00. The number of carbonyl (C=O) groups excluding carboxylic acids is 2. The monoisotopic (exact) mass is 622 g/mol. The number of nitrogens with zero attached hydrogens (tertiary/aromatic N) is 2. The largest absolute Gasteiger partial charge is 0.573 e. The molecule has 0 bridgehead atoms. The molecular weight excluding hydrogens is 592 g/mol. The second-order valence-corrected chi connectivity index (χ2v) is 12.0. The number of halogens is 4. The Morgan fingerprint density at radius 2 is 1.91 bits per heavy atom. The quantitative estimate of drug-likeness (QED) is 0.233. The Balaban J connectivity index is 1.36. The number of aryl methyl sites for hydroxylation is 2. The molecule has 2 amide bonds. The van der Waals surface area contributed by atoms with Crippen molar-refractivity contribution >= 4 is 22.7 Å². The van der Waals surface area contributed by atoms with E-state index in [1.807, 2.05) is 0 Å². The summed E-state index contributed by atoms with van der Waals surface area (Å²) < 4.78 is 63.9. The molecule has 0 spiro atoms. The number of rotatable bonds is 8. The molecule has 4 aromatic rings. The molecule has 2 aromatic heterocycles. The first-order chi connectivity index (χ1) is 21.2. The molecule has 0 unspecified atom stereocenters. The molecule has 45 heavy (non-hydrogen) atoms. The Morgan fingerprint density at radius 3 is 2.58 bits per heavy atom. The lowest BCUT2D eigenvalue weighted by Crippen LogP contribution is -2.40. The molecule has 3 heterocycles. The number of alkyl halides is 3. The molecule has 1 fully saturated rings. The fraction of sp³-hybridized carbons (Fsp3) is 0.333. The van der Waals surface area contributed by atoms with Crippen molar-refractivity contribution in [2.45, 2.75) is 51.3 Å². The number of fused-ring (bicyclic) bond motifs is 2. The van der Waals surface area contributed by atoms with Crippen LogP contribution in [-0.4, -0.2) is 41.3 Å². The van der Waals surface area contributed by atoms with Crippen LogP contribution < -0.4 is 20.5 Å². The highest BCUT2D eigenvalue weighted by atomic mass is 19.4. The van der Waals surface area contributed by atoms with Gasteiger partial charge in [0.05, 0.1) is 0 Å². The van der Waals surface area contributed by atoms with Gasteiger partial charge in [0.15, 0.2) is 5.75 Å². The molecule has 12 heteroatoms. The normalized spacial score (nSPS) is 18.3. The van der Waals surface area contributed by atoms with Crippen LogP contribution in [0.3, 0.4) is 0 Å². The van der Waals surface area contributed by atoms with Crippen LogP contribution in [0.15, 0.2) is 48.7 Å². The first kappa shape index (κ1) is 30.3. The second-order valence-electron chi connectivity index (χ2n) is 12.0. The van der Waals surface area contributed by atoms with E-state index in [0.717, 1.165) is 18.9 Å². The summed E-state index contributed by atoms with van der Waals surface area (Å²) >= 11 is 0. The summed E-state index contributed by atoms with van der Waals surface area (Å²) in [4.78, 5) is 35.0. The maximum Gasteiger partial charge on any atom is 0.573 e. The molecule has 2 aromatic carbocycles. The fourth-order valence-electron chi connectivity index (χ4n) is 5.76. The average molecular weight is 623 g/mol. The van der Waals surface area contributed by atoms with Crippen molar-refractivity contribution in [3.8, 4) is 22.8 Å². The highest BCUT2D eigenvalue weighted by Gasteiger charge is 2.45. The Morgan fingerprint density at radius 1 is 1.16 bits per heavy atom. The molecule has 1 aliphatic heterocycles. The first-order valence-electron chi connectivity index (χ1n) is 14.4. The van der Waals surface area contributed by atoms with Crippen LogP contribution in [0, 0.1) is 25.6 Å². The van der Waals surface area contributed by atoms with Gasteiger partial charge in [-0.1, -0.05) is 0 Å². The first-order valence-corrected chi connectivity index (χ1v) is 14.4. The van der Waals surface area contributed by atoms with Gasteiger partial charge in [-0.05, 0) is 93.1 Å². The SMILES string of the molecule is Cc1cnc2c(OC(F)(F)F)cc(C(=O)NC[C@H](c3cc4c(c(-c5ccc(F)c(C)c5)n3)OC[C@]4(C)C(N)=O)C3CC3)cc2c1. The third-order valence-electron chi connectivity index (χ3n) is 8.49. The van der Waals surface area contributed by atoms with Gasteiger partial charge in [0.25, 0.3) is 5.91 Å². The molecule has 0 saturated heterocycles. The molecule has 234 valence electrons. The van der Waals surface area contributed by atoms with E-state index in [0.29, 0.717) is 44.8 Å². The zero-order chi connectivity index (χ0) is 32.3. The lowest BCUT2D eigenvalue weighted by Gasteiger charge is -2.22. The van der Waals surface area contributed by atoms with Gasteiger partial charge in [-0.25, -0.2) is 9.37 Å². The molecule has 1 saturated carbocycles. The number of hydrogen-bond acceptors (Lipinski definition) is 6. The van der Waals surface area contributed by atoms with Crippen LogP contribution in [0.1, 0.15) is 58.4 Å². The Labute approximate surface area is 256 Å². The van der Waals surface area contributed by atoms with E-state index in [9.17, 15) is 27.2 Å². The van der Waals surface area contributed by atoms with Crippen LogP contribution in [0.5, 0.6) is 11.5 Å². The summed E-state index contributed by atoms with van der Waals surface area (Å²) in [5, 5.41) is 3.19. The second kappa shape index (κ2) is 11.0. The predicted octanol–water partition coefficient (Wildman–Crippen LogP) is 6.01. The van der Waals surface area contributed by atoms with Gasteiger partial charge in [-0.15, -0.1) is 13.2 Å². The van der Waals surface area contributed by atoms with E-state index < -0.39 is 29.3 Å². The van der Waals surface area contributed by atoms with Crippen molar-refractivity contribution in [2.24, 2.45) is 11.7 Å². The number of benzene rings is 2. The summed E-state index contributed by atoms with van der Waals surface area (Å²) in [5.41, 5.74) is 7.91. The number of primary amides is 1. The zero-order valence-corrected chi connectivity index (χ0v) is 24.7. The van der Waals surface area contributed by atoms with Crippen LogP contribution in [0.2, 0.25) is 0 Å². The van der Waals surface area contributed by atoms with E-state index in [2.05, 4.69) is 15.0 Å². The summed E-state index contributed by atoms with van der Waals surface area (Å²) in [5.74, 6) is -1.88. The van der Waals surface area contributed by atoms with E-state index in [1.165, 1.54) is 18.3 Å². The van der Waals surface area contributed by atoms with Crippen molar-refractivity contribution in [3.05, 3.63) is 82.4 Å². The van der Waals surface area contributed by atoms with Crippen molar-refractivity contribution in [3.63, 3.8) is 0 Å². The third kappa shape index (κ3) is 5.88. The number of ether oxygens (including phenoxy) is 2. The number of aromatic nitrogens is 2. The zero-order valence-electron chi connectivity index (χ0n) is 24.7. The Bertz CT molecular complexity index is 1860. The number of nitrogens with two attached hydrogens (primary N) is 1. The van der Waals surface area contributed by atoms with Gasteiger partial charge < -0.3 is 20.5 Å². The maximum atomic E-state index is 14.1. The summed E-state index contributed by atoms with van der Waals surface area (Å²) in [6.07, 6.45) is -1.81. The topological polar surface area (TPSA) is 116 Å². The lowest BCUT2D eigenvalue weighted by atomic mass is 9.82. The van der Waals surface area contributed by atoms with Gasteiger partial charge in [0, 0.05) is 46.4 Å². The molecule has 2 aliphatic rings. The number of carbonyl (C=O) groups is 2. The summed E-state index contributed by atoms with van der Waals surface area (Å²) in [7, 11) is 0. The molecule has 8 nitrogen and oxygen atoms in total. The van der Waals surface area contributed by atoms with E-state index in [-0.39, 0.29) is 41.9 Å². The maximum absolute atomic E-state index is 14.1. The number of pyridine rings is 2. The van der Waals surface area contributed by atoms with Crippen LogP contribution in [0.4, 0.5) is 17.6 Å². The van der Waals surface area contributed by atoms with Crippen molar-refractivity contribution in [1.82, 2.24) is 15.3 Å².